The first kappa shape index (κ1) is 16.4. The fourth-order valence-corrected chi connectivity index (χ4v) is 3.21. The predicted molar refractivity (Wildman–Crippen MR) is 99.6 cm³/mol. The second-order valence-electron chi connectivity index (χ2n) is 6.41. The van der Waals surface area contributed by atoms with Crippen LogP contribution in [0.3, 0.4) is 0 Å². The fourth-order valence-electron chi connectivity index (χ4n) is 2.99. The number of hydrogen-bond acceptors (Lipinski definition) is 2. The van der Waals surface area contributed by atoms with E-state index >= 15 is 0 Å². The molecule has 3 aromatic rings. The van der Waals surface area contributed by atoms with E-state index < -0.39 is 0 Å². The number of benzene rings is 3. The lowest BCUT2D eigenvalue weighted by Gasteiger charge is -2.16. The summed E-state index contributed by atoms with van der Waals surface area (Å²) in [6.45, 7) is 0.854. The van der Waals surface area contributed by atoms with Gasteiger partial charge >= 0.3 is 0 Å². The highest BCUT2D eigenvalue weighted by Gasteiger charge is 2.21. The zero-order valence-electron chi connectivity index (χ0n) is 13.8. The van der Waals surface area contributed by atoms with E-state index in [1.807, 2.05) is 24.3 Å². The van der Waals surface area contributed by atoms with Crippen LogP contribution in [0.25, 0.3) is 10.8 Å². The van der Waals surface area contributed by atoms with Crippen LogP contribution in [0, 0.1) is 5.82 Å². The molecule has 1 aliphatic rings. The van der Waals surface area contributed by atoms with Crippen molar-refractivity contribution in [1.82, 2.24) is 5.32 Å². The first-order chi connectivity index (χ1) is 12.2. The van der Waals surface area contributed by atoms with Gasteiger partial charge in [-0.1, -0.05) is 48.0 Å². The highest BCUT2D eigenvalue weighted by atomic mass is 35.5. The van der Waals surface area contributed by atoms with E-state index in [4.69, 9.17) is 16.3 Å². The molecule has 1 N–H and O–H groups in total. The second kappa shape index (κ2) is 7.03. The van der Waals surface area contributed by atoms with Crippen LogP contribution in [-0.2, 0) is 13.2 Å². The molecule has 1 fully saturated rings. The molecule has 4 heteroatoms. The monoisotopic (exact) mass is 355 g/mol. The molecule has 25 heavy (non-hydrogen) atoms. The minimum absolute atomic E-state index is 0.111. The molecule has 0 saturated heterocycles. The summed E-state index contributed by atoms with van der Waals surface area (Å²) in [6, 6.07) is 17.5. The normalized spacial score (nSPS) is 14.0. The molecule has 128 valence electrons. The van der Waals surface area contributed by atoms with E-state index in [0.29, 0.717) is 16.6 Å². The summed E-state index contributed by atoms with van der Waals surface area (Å²) in [6.07, 6.45) is 2.46. The summed E-state index contributed by atoms with van der Waals surface area (Å²) >= 11 is 6.11. The van der Waals surface area contributed by atoms with Gasteiger partial charge in [0, 0.05) is 23.7 Å². The number of halogens is 2. The zero-order chi connectivity index (χ0) is 17.2. The van der Waals surface area contributed by atoms with E-state index in [1.165, 1.54) is 24.3 Å². The van der Waals surface area contributed by atoms with Gasteiger partial charge in [-0.05, 0) is 41.8 Å². The Morgan fingerprint density at radius 2 is 1.84 bits per heavy atom. The average Bonchev–Trinajstić information content (AvgIpc) is 3.44. The van der Waals surface area contributed by atoms with Gasteiger partial charge in [0.25, 0.3) is 0 Å². The first-order valence-electron chi connectivity index (χ1n) is 8.52. The van der Waals surface area contributed by atoms with Crippen molar-refractivity contribution in [3.63, 3.8) is 0 Å². The van der Waals surface area contributed by atoms with Gasteiger partial charge in [-0.25, -0.2) is 4.39 Å². The molecule has 1 aliphatic carbocycles. The Bertz CT molecular complexity index is 887. The number of hydrogen-bond donors (Lipinski definition) is 1. The van der Waals surface area contributed by atoms with Gasteiger partial charge in [-0.15, -0.1) is 0 Å². The molecule has 1 saturated carbocycles. The van der Waals surface area contributed by atoms with E-state index in [2.05, 4.69) is 17.4 Å². The van der Waals surface area contributed by atoms with Crippen molar-refractivity contribution in [3.8, 4) is 5.75 Å². The van der Waals surface area contributed by atoms with Crippen molar-refractivity contribution in [2.75, 3.05) is 0 Å². The Balaban J connectivity index is 1.64. The van der Waals surface area contributed by atoms with Crippen LogP contribution in [0.5, 0.6) is 5.75 Å². The molecular formula is C21H19ClFNO. The quantitative estimate of drug-likeness (QED) is 0.633. The summed E-state index contributed by atoms with van der Waals surface area (Å²) in [4.78, 5) is 0. The number of fused-ring (bicyclic) bond motifs is 1. The third-order valence-electron chi connectivity index (χ3n) is 4.58. The summed E-state index contributed by atoms with van der Waals surface area (Å²) in [5, 5.41) is 6.27. The molecule has 0 aliphatic heterocycles. The van der Waals surface area contributed by atoms with E-state index in [0.717, 1.165) is 23.2 Å². The summed E-state index contributed by atoms with van der Waals surface area (Å²) in [7, 11) is 0. The zero-order valence-corrected chi connectivity index (χ0v) is 14.5. The maximum Gasteiger partial charge on any atom is 0.131 e. The van der Waals surface area contributed by atoms with Crippen LogP contribution in [-0.4, -0.2) is 6.04 Å². The molecule has 3 aromatic carbocycles. The van der Waals surface area contributed by atoms with Gasteiger partial charge < -0.3 is 10.1 Å². The average molecular weight is 356 g/mol. The van der Waals surface area contributed by atoms with Crippen molar-refractivity contribution in [3.05, 3.63) is 76.6 Å². The molecule has 0 bridgehead atoms. The first-order valence-corrected chi connectivity index (χ1v) is 8.90. The lowest BCUT2D eigenvalue weighted by molar-refractivity contribution is 0.296. The van der Waals surface area contributed by atoms with E-state index in [1.54, 1.807) is 12.1 Å². The van der Waals surface area contributed by atoms with Gasteiger partial charge in [0.05, 0.1) is 5.02 Å². The van der Waals surface area contributed by atoms with Crippen molar-refractivity contribution in [2.24, 2.45) is 0 Å². The van der Waals surface area contributed by atoms with Crippen molar-refractivity contribution >= 4 is 22.4 Å². The lowest BCUT2D eigenvalue weighted by Crippen LogP contribution is -2.16. The molecule has 0 heterocycles. The molecular weight excluding hydrogens is 337 g/mol. The van der Waals surface area contributed by atoms with Crippen molar-refractivity contribution in [1.29, 1.82) is 0 Å². The minimum Gasteiger partial charge on any atom is -0.488 e. The molecule has 0 spiro atoms. The highest BCUT2D eigenvalue weighted by molar-refractivity contribution is 6.31. The lowest BCUT2D eigenvalue weighted by atomic mass is 10.0. The van der Waals surface area contributed by atoms with E-state index in [-0.39, 0.29) is 12.4 Å². The SMILES string of the molecule is Fc1cccc(Cl)c1COc1ccc2ccccc2c1CNC1CC1. The Labute approximate surface area is 151 Å². The summed E-state index contributed by atoms with van der Waals surface area (Å²) < 4.78 is 20.0. The van der Waals surface area contributed by atoms with E-state index in [9.17, 15) is 4.39 Å². The molecule has 2 nitrogen and oxygen atoms in total. The van der Waals surface area contributed by atoms with Gasteiger partial charge in [0.2, 0.25) is 0 Å². The fraction of sp³-hybridized carbons (Fsp3) is 0.238. The highest BCUT2D eigenvalue weighted by Crippen LogP contribution is 2.31. The Hall–Kier alpha value is -2.10. The topological polar surface area (TPSA) is 21.3 Å². The van der Waals surface area contributed by atoms with Crippen molar-refractivity contribution < 1.29 is 9.13 Å². The van der Waals surface area contributed by atoms with Gasteiger partial charge in [0.15, 0.2) is 0 Å². The molecule has 0 atom stereocenters. The minimum atomic E-state index is -0.342. The Morgan fingerprint density at radius 1 is 1.00 bits per heavy atom. The van der Waals surface area contributed by atoms with Crippen LogP contribution in [0.4, 0.5) is 4.39 Å². The maximum absolute atomic E-state index is 14.0. The van der Waals surface area contributed by atoms with Gasteiger partial charge in [-0.3, -0.25) is 0 Å². The van der Waals surface area contributed by atoms with Gasteiger partial charge in [-0.2, -0.15) is 0 Å². The van der Waals surface area contributed by atoms with Crippen LogP contribution in [0.1, 0.15) is 24.0 Å². The molecule has 0 radical (unpaired) electrons. The van der Waals surface area contributed by atoms with Crippen LogP contribution < -0.4 is 10.1 Å². The second-order valence-corrected chi connectivity index (χ2v) is 6.81. The van der Waals surface area contributed by atoms with Gasteiger partial charge in [0.1, 0.15) is 18.2 Å². The smallest absolute Gasteiger partial charge is 0.131 e. The van der Waals surface area contributed by atoms with Crippen LogP contribution in [0.15, 0.2) is 54.6 Å². The molecule has 4 rings (SSSR count). The number of ether oxygens (including phenoxy) is 1. The predicted octanol–water partition coefficient (Wildman–Crippen LogP) is 5.46. The van der Waals surface area contributed by atoms with Crippen molar-refractivity contribution in [2.45, 2.75) is 32.0 Å². The molecule has 0 aromatic heterocycles. The Morgan fingerprint density at radius 3 is 2.64 bits per heavy atom. The number of nitrogens with one attached hydrogen (secondary N) is 1. The summed E-state index contributed by atoms with van der Waals surface area (Å²) in [5.74, 6) is 0.428. The maximum atomic E-state index is 14.0. The van der Waals surface area contributed by atoms with Crippen LogP contribution in [0.2, 0.25) is 5.02 Å². The van der Waals surface area contributed by atoms with Crippen LogP contribution >= 0.6 is 11.6 Å². The third-order valence-corrected chi connectivity index (χ3v) is 4.93. The third kappa shape index (κ3) is 3.63. The summed E-state index contributed by atoms with van der Waals surface area (Å²) in [5.41, 5.74) is 1.50. The standard InChI is InChI=1S/C21H19ClFNO/c22-19-6-3-7-20(23)18(19)13-25-21-11-8-14-4-1-2-5-16(14)17(21)12-24-15-9-10-15/h1-8,11,15,24H,9-10,12-13H2. The number of rotatable bonds is 6. The molecule has 0 unspecified atom stereocenters. The molecule has 0 amide bonds. The largest absolute Gasteiger partial charge is 0.488 e. The Kier molecular flexibility index (Phi) is 4.60.